The van der Waals surface area contributed by atoms with Gasteiger partial charge in [0.15, 0.2) is 5.78 Å². The van der Waals surface area contributed by atoms with Crippen LogP contribution < -0.4 is 5.73 Å². The van der Waals surface area contributed by atoms with Crippen molar-refractivity contribution in [3.8, 4) is 0 Å². The highest BCUT2D eigenvalue weighted by Crippen LogP contribution is 2.22. The monoisotopic (exact) mass is 319 g/mol. The van der Waals surface area contributed by atoms with Crippen molar-refractivity contribution >= 4 is 21.7 Å². The second-order valence-corrected chi connectivity index (χ2v) is 5.07. The Labute approximate surface area is 114 Å². The first kappa shape index (κ1) is 15.2. The van der Waals surface area contributed by atoms with Crippen molar-refractivity contribution in [2.75, 3.05) is 0 Å². The van der Waals surface area contributed by atoms with Crippen LogP contribution in [0.1, 0.15) is 31.7 Å². The molecule has 2 N–H and O–H groups in total. The van der Waals surface area contributed by atoms with Crippen molar-refractivity contribution in [3.05, 3.63) is 33.8 Å². The summed E-state index contributed by atoms with van der Waals surface area (Å²) in [6, 6.07) is 1.76. The quantitative estimate of drug-likeness (QED) is 0.817. The van der Waals surface area contributed by atoms with Gasteiger partial charge in [-0.1, -0.05) is 19.8 Å². The molecule has 0 heterocycles. The molecule has 100 valence electrons. The number of Topliss-reactive ketones (excluding diaryl/α,β-unsaturated/α-hetero) is 1. The molecular formula is C13H16BrF2NO. The molecule has 0 aliphatic carbocycles. The van der Waals surface area contributed by atoms with Gasteiger partial charge in [-0.2, -0.15) is 0 Å². The third-order valence-electron chi connectivity index (χ3n) is 2.77. The number of carbonyl (C=O) groups excluding carboxylic acids is 1. The number of halogens is 3. The average Bonchev–Trinajstić information content (AvgIpc) is 2.36. The maximum absolute atomic E-state index is 13.7. The molecule has 0 saturated carbocycles. The lowest BCUT2D eigenvalue weighted by atomic mass is 9.99. The largest absolute Gasteiger partial charge is 0.321 e. The van der Waals surface area contributed by atoms with Gasteiger partial charge in [0, 0.05) is 12.0 Å². The van der Waals surface area contributed by atoms with Gasteiger partial charge in [0.2, 0.25) is 0 Å². The Kier molecular flexibility index (Phi) is 5.88. The van der Waals surface area contributed by atoms with Crippen molar-refractivity contribution in [2.24, 2.45) is 5.73 Å². The standard InChI is InChI=1S/C13H16BrF2NO/c1-2-3-4-11(17)12(18)7-8-10(15)6-5-9(14)13(8)16/h5-6,11H,2-4,7,17H2,1H3. The number of benzene rings is 1. The number of carbonyl (C=O) groups is 1. The zero-order valence-corrected chi connectivity index (χ0v) is 11.8. The van der Waals surface area contributed by atoms with Crippen molar-refractivity contribution in [2.45, 2.75) is 38.6 Å². The van der Waals surface area contributed by atoms with E-state index in [2.05, 4.69) is 15.9 Å². The molecule has 0 spiro atoms. The van der Waals surface area contributed by atoms with Gasteiger partial charge < -0.3 is 5.73 Å². The predicted octanol–water partition coefficient (Wildman–Crippen LogP) is 3.36. The summed E-state index contributed by atoms with van der Waals surface area (Å²) in [5.41, 5.74) is 5.46. The Hall–Kier alpha value is -0.810. The number of nitrogens with two attached hydrogens (primary N) is 1. The van der Waals surface area contributed by atoms with Crippen LogP contribution in [0.3, 0.4) is 0 Å². The molecular weight excluding hydrogens is 304 g/mol. The molecule has 0 saturated heterocycles. The highest BCUT2D eigenvalue weighted by atomic mass is 79.9. The predicted molar refractivity (Wildman–Crippen MR) is 70.3 cm³/mol. The fraction of sp³-hybridized carbons (Fsp3) is 0.462. The Balaban J connectivity index is 2.79. The van der Waals surface area contributed by atoms with Crippen LogP contribution in [0.25, 0.3) is 0 Å². The minimum atomic E-state index is -0.731. The minimum Gasteiger partial charge on any atom is -0.321 e. The van der Waals surface area contributed by atoms with Crippen molar-refractivity contribution < 1.29 is 13.6 Å². The highest BCUT2D eigenvalue weighted by molar-refractivity contribution is 9.10. The lowest BCUT2D eigenvalue weighted by Gasteiger charge is -2.11. The molecule has 0 bridgehead atoms. The van der Waals surface area contributed by atoms with Gasteiger partial charge >= 0.3 is 0 Å². The zero-order chi connectivity index (χ0) is 13.7. The number of unbranched alkanes of at least 4 members (excludes halogenated alkanes) is 1. The lowest BCUT2D eigenvalue weighted by Crippen LogP contribution is -2.32. The number of rotatable bonds is 6. The molecule has 1 atom stereocenters. The zero-order valence-electron chi connectivity index (χ0n) is 10.2. The van der Waals surface area contributed by atoms with Crippen LogP contribution in [-0.4, -0.2) is 11.8 Å². The molecule has 0 aliphatic heterocycles. The van der Waals surface area contributed by atoms with Crippen molar-refractivity contribution in [3.63, 3.8) is 0 Å². The second-order valence-electron chi connectivity index (χ2n) is 4.21. The average molecular weight is 320 g/mol. The molecule has 0 amide bonds. The normalized spacial score (nSPS) is 12.5. The number of hydrogen-bond donors (Lipinski definition) is 1. The highest BCUT2D eigenvalue weighted by Gasteiger charge is 2.19. The summed E-state index contributed by atoms with van der Waals surface area (Å²) in [5, 5.41) is 0. The third kappa shape index (κ3) is 3.85. The van der Waals surface area contributed by atoms with Crippen LogP contribution in [0.5, 0.6) is 0 Å². The van der Waals surface area contributed by atoms with E-state index in [0.717, 1.165) is 18.9 Å². The van der Waals surface area contributed by atoms with Crippen LogP contribution in [0.4, 0.5) is 8.78 Å². The first-order chi connectivity index (χ1) is 8.47. The summed E-state index contributed by atoms with van der Waals surface area (Å²) in [7, 11) is 0. The SMILES string of the molecule is CCCCC(N)C(=O)Cc1c(F)ccc(Br)c1F. The van der Waals surface area contributed by atoms with Gasteiger partial charge in [-0.25, -0.2) is 8.78 Å². The number of hydrogen-bond acceptors (Lipinski definition) is 2. The van der Waals surface area contributed by atoms with Gasteiger partial charge in [-0.15, -0.1) is 0 Å². The van der Waals surface area contributed by atoms with E-state index >= 15 is 0 Å². The molecule has 0 radical (unpaired) electrons. The van der Waals surface area contributed by atoms with Gasteiger partial charge in [0.05, 0.1) is 10.5 Å². The molecule has 0 aliphatic rings. The molecule has 1 unspecified atom stereocenters. The van der Waals surface area contributed by atoms with E-state index in [1.807, 2.05) is 6.92 Å². The molecule has 1 aromatic rings. The Morgan fingerprint density at radius 1 is 1.44 bits per heavy atom. The second kappa shape index (κ2) is 6.95. The summed E-state index contributed by atoms with van der Waals surface area (Å²) < 4.78 is 27.3. The van der Waals surface area contributed by atoms with Gasteiger partial charge in [0.25, 0.3) is 0 Å². The van der Waals surface area contributed by atoms with E-state index in [1.54, 1.807) is 0 Å². The van der Waals surface area contributed by atoms with E-state index in [1.165, 1.54) is 6.07 Å². The topological polar surface area (TPSA) is 43.1 Å². The molecule has 18 heavy (non-hydrogen) atoms. The van der Waals surface area contributed by atoms with Crippen LogP contribution in [-0.2, 0) is 11.2 Å². The minimum absolute atomic E-state index is 0.147. The molecule has 1 aromatic carbocycles. The molecule has 0 aromatic heterocycles. The Bertz CT molecular complexity index is 437. The molecule has 2 nitrogen and oxygen atoms in total. The Morgan fingerprint density at radius 3 is 2.72 bits per heavy atom. The fourth-order valence-corrected chi connectivity index (χ4v) is 1.99. The van der Waals surface area contributed by atoms with Crippen LogP contribution in [0, 0.1) is 11.6 Å². The maximum Gasteiger partial charge on any atom is 0.154 e. The van der Waals surface area contributed by atoms with Crippen LogP contribution in [0.2, 0.25) is 0 Å². The fourth-order valence-electron chi connectivity index (χ4n) is 1.62. The summed E-state index contributed by atoms with van der Waals surface area (Å²) in [6.45, 7) is 1.99. The third-order valence-corrected chi connectivity index (χ3v) is 3.38. The first-order valence-corrected chi connectivity index (χ1v) is 6.67. The van der Waals surface area contributed by atoms with E-state index < -0.39 is 17.7 Å². The lowest BCUT2D eigenvalue weighted by molar-refractivity contribution is -0.119. The smallest absolute Gasteiger partial charge is 0.154 e. The van der Waals surface area contributed by atoms with E-state index in [9.17, 15) is 13.6 Å². The summed E-state index contributed by atoms with van der Waals surface area (Å²) in [6.07, 6.45) is 2.01. The number of ketones is 1. The van der Waals surface area contributed by atoms with Gasteiger partial charge in [-0.3, -0.25) is 4.79 Å². The van der Waals surface area contributed by atoms with E-state index in [-0.39, 0.29) is 22.2 Å². The van der Waals surface area contributed by atoms with Crippen molar-refractivity contribution in [1.29, 1.82) is 0 Å². The summed E-state index contributed by atoms with van der Waals surface area (Å²) >= 11 is 2.96. The maximum atomic E-state index is 13.7. The van der Waals surface area contributed by atoms with Crippen LogP contribution >= 0.6 is 15.9 Å². The Morgan fingerprint density at radius 2 is 2.11 bits per heavy atom. The van der Waals surface area contributed by atoms with E-state index in [4.69, 9.17) is 5.73 Å². The van der Waals surface area contributed by atoms with Crippen molar-refractivity contribution in [1.82, 2.24) is 0 Å². The summed E-state index contributed by atoms with van der Waals surface area (Å²) in [5.74, 6) is -1.78. The molecule has 1 rings (SSSR count). The van der Waals surface area contributed by atoms with E-state index in [0.29, 0.717) is 6.42 Å². The molecule has 0 fully saturated rings. The van der Waals surface area contributed by atoms with Gasteiger partial charge in [0.1, 0.15) is 11.6 Å². The van der Waals surface area contributed by atoms with Gasteiger partial charge in [-0.05, 0) is 34.5 Å². The summed E-state index contributed by atoms with van der Waals surface area (Å²) in [4.78, 5) is 11.8. The molecule has 5 heteroatoms. The first-order valence-electron chi connectivity index (χ1n) is 5.88. The van der Waals surface area contributed by atoms with Crippen LogP contribution in [0.15, 0.2) is 16.6 Å².